The topological polar surface area (TPSA) is 47.9 Å². The van der Waals surface area contributed by atoms with Gasteiger partial charge in [0.2, 0.25) is 0 Å². The van der Waals surface area contributed by atoms with Crippen LogP contribution in [0.1, 0.15) is 38.2 Å². The minimum Gasteiger partial charge on any atom is -0.491 e. The lowest BCUT2D eigenvalue weighted by Crippen LogP contribution is -2.30. The van der Waals surface area contributed by atoms with Gasteiger partial charge in [-0.2, -0.15) is 0 Å². The van der Waals surface area contributed by atoms with Gasteiger partial charge in [-0.1, -0.05) is 26.0 Å². The Kier molecular flexibility index (Phi) is 6.49. The molecule has 0 aliphatic carbocycles. The van der Waals surface area contributed by atoms with Crippen molar-refractivity contribution in [3.63, 3.8) is 0 Å². The van der Waals surface area contributed by atoms with E-state index in [9.17, 15) is 5.11 Å². The lowest BCUT2D eigenvalue weighted by atomic mass is 10.0. The number of ether oxygens (including phenoxy) is 3. The van der Waals surface area contributed by atoms with E-state index in [-0.39, 0.29) is 12.7 Å². The maximum atomic E-state index is 9.94. The molecule has 1 heterocycles. The van der Waals surface area contributed by atoms with E-state index in [2.05, 4.69) is 19.9 Å². The summed E-state index contributed by atoms with van der Waals surface area (Å²) >= 11 is 0. The molecule has 1 aliphatic heterocycles. The summed E-state index contributed by atoms with van der Waals surface area (Å²) in [6.45, 7) is 6.36. The number of benzene rings is 1. The van der Waals surface area contributed by atoms with Gasteiger partial charge < -0.3 is 19.3 Å². The zero-order valence-corrected chi connectivity index (χ0v) is 13.0. The molecule has 21 heavy (non-hydrogen) atoms. The monoisotopic (exact) mass is 294 g/mol. The van der Waals surface area contributed by atoms with Crippen molar-refractivity contribution in [3.05, 3.63) is 29.8 Å². The van der Waals surface area contributed by atoms with Gasteiger partial charge in [0.15, 0.2) is 0 Å². The van der Waals surface area contributed by atoms with Gasteiger partial charge in [0.1, 0.15) is 18.5 Å². The molecule has 4 nitrogen and oxygen atoms in total. The molecule has 0 radical (unpaired) electrons. The summed E-state index contributed by atoms with van der Waals surface area (Å²) in [5, 5.41) is 9.94. The fraction of sp³-hybridized carbons (Fsp3) is 0.647. The number of aliphatic hydroxyl groups is 1. The van der Waals surface area contributed by atoms with Gasteiger partial charge in [-0.05, 0) is 36.5 Å². The summed E-state index contributed by atoms with van der Waals surface area (Å²) in [6, 6.07) is 8.01. The second-order valence-corrected chi connectivity index (χ2v) is 5.84. The van der Waals surface area contributed by atoms with Crippen molar-refractivity contribution >= 4 is 0 Å². The number of rotatable bonds is 7. The maximum absolute atomic E-state index is 9.94. The van der Waals surface area contributed by atoms with Crippen molar-refractivity contribution in [3.8, 4) is 5.75 Å². The fourth-order valence-electron chi connectivity index (χ4n) is 2.29. The Bertz CT molecular complexity index is 413. The summed E-state index contributed by atoms with van der Waals surface area (Å²) in [5.41, 5.74) is 1.24. The quantitative estimate of drug-likeness (QED) is 0.840. The maximum Gasteiger partial charge on any atom is 0.119 e. The van der Waals surface area contributed by atoms with Gasteiger partial charge >= 0.3 is 0 Å². The average molecular weight is 294 g/mol. The minimum absolute atomic E-state index is 0.206. The molecule has 1 fully saturated rings. The molecular formula is C17H26O4. The van der Waals surface area contributed by atoms with E-state index < -0.39 is 6.10 Å². The predicted molar refractivity (Wildman–Crippen MR) is 81.8 cm³/mol. The molecule has 0 aromatic heterocycles. The normalized spacial score (nSPS) is 17.9. The van der Waals surface area contributed by atoms with Crippen LogP contribution in [0.2, 0.25) is 0 Å². The summed E-state index contributed by atoms with van der Waals surface area (Å²) in [7, 11) is 0. The van der Waals surface area contributed by atoms with Crippen molar-refractivity contribution in [2.24, 2.45) is 0 Å². The molecule has 1 aromatic carbocycles. The van der Waals surface area contributed by atoms with Gasteiger partial charge in [0, 0.05) is 13.2 Å². The van der Waals surface area contributed by atoms with Gasteiger partial charge in [0.05, 0.1) is 12.7 Å². The summed E-state index contributed by atoms with van der Waals surface area (Å²) in [6.07, 6.45) is 1.42. The zero-order valence-electron chi connectivity index (χ0n) is 13.0. The predicted octanol–water partition coefficient (Wildman–Crippen LogP) is 2.75. The van der Waals surface area contributed by atoms with E-state index in [0.717, 1.165) is 31.8 Å². The van der Waals surface area contributed by atoms with Crippen molar-refractivity contribution in [2.45, 2.75) is 44.8 Å². The Labute approximate surface area is 127 Å². The molecule has 0 spiro atoms. The van der Waals surface area contributed by atoms with Crippen LogP contribution in [0.3, 0.4) is 0 Å². The van der Waals surface area contributed by atoms with Crippen molar-refractivity contribution in [1.82, 2.24) is 0 Å². The summed E-state index contributed by atoms with van der Waals surface area (Å²) in [4.78, 5) is 0. The number of hydrogen-bond acceptors (Lipinski definition) is 4. The summed E-state index contributed by atoms with van der Waals surface area (Å²) < 4.78 is 16.6. The molecule has 1 aromatic rings. The van der Waals surface area contributed by atoms with Crippen LogP contribution in [0.15, 0.2) is 24.3 Å². The smallest absolute Gasteiger partial charge is 0.119 e. The van der Waals surface area contributed by atoms with Gasteiger partial charge in [-0.25, -0.2) is 0 Å². The average Bonchev–Trinajstić information content (AvgIpc) is 2.52. The highest BCUT2D eigenvalue weighted by Gasteiger charge is 2.16. The van der Waals surface area contributed by atoms with E-state index in [4.69, 9.17) is 14.2 Å². The van der Waals surface area contributed by atoms with Gasteiger partial charge in [-0.15, -0.1) is 0 Å². The first-order valence-corrected chi connectivity index (χ1v) is 7.75. The molecule has 0 amide bonds. The number of aliphatic hydroxyl groups excluding tert-OH is 1. The molecule has 1 aliphatic rings. The van der Waals surface area contributed by atoms with Crippen molar-refractivity contribution in [2.75, 3.05) is 26.4 Å². The van der Waals surface area contributed by atoms with Gasteiger partial charge in [-0.3, -0.25) is 0 Å². The molecule has 1 saturated heterocycles. The molecule has 1 N–H and O–H groups in total. The Morgan fingerprint density at radius 1 is 1.24 bits per heavy atom. The highest BCUT2D eigenvalue weighted by molar-refractivity contribution is 5.30. The minimum atomic E-state index is -0.601. The molecule has 4 heteroatoms. The standard InChI is InChI=1S/C17H26O4/c1-13(2)14-4-3-5-17(10-14)21-12-15(18)11-20-16-6-8-19-9-7-16/h3-5,10,13,15-16,18H,6-9,11-12H2,1-2H3/t15-/m0/s1. The lowest BCUT2D eigenvalue weighted by Gasteiger charge is -2.23. The van der Waals surface area contributed by atoms with E-state index >= 15 is 0 Å². The van der Waals surface area contributed by atoms with E-state index in [1.54, 1.807) is 0 Å². The molecule has 2 rings (SSSR count). The Balaban J connectivity index is 1.70. The van der Waals surface area contributed by atoms with E-state index in [1.807, 2.05) is 18.2 Å². The van der Waals surface area contributed by atoms with Crippen molar-refractivity contribution in [1.29, 1.82) is 0 Å². The number of hydrogen-bond donors (Lipinski definition) is 1. The van der Waals surface area contributed by atoms with Crippen LogP contribution >= 0.6 is 0 Å². The third kappa shape index (κ3) is 5.65. The molecule has 118 valence electrons. The van der Waals surface area contributed by atoms with Crippen LogP contribution in [0.4, 0.5) is 0 Å². The van der Waals surface area contributed by atoms with Crippen molar-refractivity contribution < 1.29 is 19.3 Å². The van der Waals surface area contributed by atoms with Gasteiger partial charge in [0.25, 0.3) is 0 Å². The molecule has 0 unspecified atom stereocenters. The third-order valence-corrected chi connectivity index (χ3v) is 3.66. The van der Waals surface area contributed by atoms with Crippen LogP contribution in [-0.4, -0.2) is 43.7 Å². The highest BCUT2D eigenvalue weighted by atomic mass is 16.5. The molecule has 1 atom stereocenters. The first-order valence-electron chi connectivity index (χ1n) is 7.75. The Hall–Kier alpha value is -1.10. The molecular weight excluding hydrogens is 268 g/mol. The largest absolute Gasteiger partial charge is 0.491 e. The zero-order chi connectivity index (χ0) is 15.1. The van der Waals surface area contributed by atoms with Crippen LogP contribution in [0.5, 0.6) is 5.75 Å². The first-order chi connectivity index (χ1) is 10.1. The second kappa shape index (κ2) is 8.37. The molecule has 0 saturated carbocycles. The first kappa shape index (κ1) is 16.3. The van der Waals surface area contributed by atoms with E-state index in [0.29, 0.717) is 12.5 Å². The Morgan fingerprint density at radius 2 is 2.00 bits per heavy atom. The highest BCUT2D eigenvalue weighted by Crippen LogP contribution is 2.20. The Morgan fingerprint density at radius 3 is 2.71 bits per heavy atom. The van der Waals surface area contributed by atoms with E-state index in [1.165, 1.54) is 5.56 Å². The van der Waals surface area contributed by atoms with Crippen LogP contribution in [-0.2, 0) is 9.47 Å². The molecule has 0 bridgehead atoms. The third-order valence-electron chi connectivity index (χ3n) is 3.66. The SMILES string of the molecule is CC(C)c1cccc(OC[C@@H](O)COC2CCOCC2)c1. The van der Waals surface area contributed by atoms with Crippen LogP contribution in [0.25, 0.3) is 0 Å². The van der Waals surface area contributed by atoms with Crippen LogP contribution in [0, 0.1) is 0 Å². The fourth-order valence-corrected chi connectivity index (χ4v) is 2.29. The lowest BCUT2D eigenvalue weighted by molar-refractivity contribution is -0.0659. The van der Waals surface area contributed by atoms with Crippen LogP contribution < -0.4 is 4.74 Å². The second-order valence-electron chi connectivity index (χ2n) is 5.84. The summed E-state index contributed by atoms with van der Waals surface area (Å²) in [5.74, 6) is 1.27.